The molecule has 1 heterocycles. The van der Waals surface area contributed by atoms with Crippen molar-refractivity contribution in [1.29, 1.82) is 0 Å². The molecule has 2 rings (SSSR count). The van der Waals surface area contributed by atoms with Crippen molar-refractivity contribution in [3.63, 3.8) is 0 Å². The number of hydrogen-bond donors (Lipinski definition) is 1. The topological polar surface area (TPSA) is 43.8 Å². The smallest absolute Gasteiger partial charge is 0.113 e. The van der Waals surface area contributed by atoms with E-state index in [4.69, 9.17) is 5.73 Å². The van der Waals surface area contributed by atoms with Gasteiger partial charge in [0.1, 0.15) is 5.82 Å². The van der Waals surface area contributed by atoms with Gasteiger partial charge in [-0.25, -0.2) is 4.98 Å². The second-order valence-corrected chi connectivity index (χ2v) is 4.34. The summed E-state index contributed by atoms with van der Waals surface area (Å²) in [5, 5.41) is 0. The third kappa shape index (κ3) is 2.56. The maximum Gasteiger partial charge on any atom is 0.113 e. The summed E-state index contributed by atoms with van der Waals surface area (Å²) in [6.45, 7) is 4.16. The van der Waals surface area contributed by atoms with Gasteiger partial charge < -0.3 is 10.3 Å². The van der Waals surface area contributed by atoms with Crippen molar-refractivity contribution in [3.8, 4) is 5.69 Å². The molecule has 2 aromatic rings. The van der Waals surface area contributed by atoms with Crippen molar-refractivity contribution < 1.29 is 0 Å². The predicted octanol–water partition coefficient (Wildman–Crippen LogP) is 2.84. The minimum atomic E-state index is 0.0851. The van der Waals surface area contributed by atoms with Crippen LogP contribution >= 0.6 is 0 Å². The molecule has 0 aliphatic heterocycles. The van der Waals surface area contributed by atoms with E-state index < -0.39 is 0 Å². The maximum absolute atomic E-state index is 5.84. The van der Waals surface area contributed by atoms with E-state index in [9.17, 15) is 0 Å². The summed E-state index contributed by atoms with van der Waals surface area (Å²) in [6.07, 6.45) is 5.97. The fraction of sp³-hybridized carbons (Fsp3) is 0.357. The third-order valence-corrected chi connectivity index (χ3v) is 2.89. The second-order valence-electron chi connectivity index (χ2n) is 4.34. The van der Waals surface area contributed by atoms with E-state index in [0.717, 1.165) is 29.9 Å². The zero-order chi connectivity index (χ0) is 12.3. The molecule has 2 N–H and O–H groups in total. The molecule has 1 aromatic heterocycles. The van der Waals surface area contributed by atoms with Crippen LogP contribution in [0.4, 0.5) is 0 Å². The molecule has 0 radical (unpaired) electrons. The first-order chi connectivity index (χ1) is 8.22. The summed E-state index contributed by atoms with van der Waals surface area (Å²) in [7, 11) is 0. The first-order valence-corrected chi connectivity index (χ1v) is 6.10. The standard InChI is InChI=1S/C14H19N3/c1-3-4-14-16-9-10-17(14)13-7-5-12(6-8-13)11(2)15/h5-11H,3-4,15H2,1-2H3/t11-/m0/s1. The van der Waals surface area contributed by atoms with Gasteiger partial charge in [0, 0.05) is 30.5 Å². The van der Waals surface area contributed by atoms with E-state index in [0.29, 0.717) is 0 Å². The van der Waals surface area contributed by atoms with E-state index in [1.165, 1.54) is 0 Å². The number of hydrogen-bond acceptors (Lipinski definition) is 2. The lowest BCUT2D eigenvalue weighted by Gasteiger charge is -2.10. The van der Waals surface area contributed by atoms with Crippen molar-refractivity contribution in [2.75, 3.05) is 0 Å². The molecule has 3 nitrogen and oxygen atoms in total. The minimum Gasteiger partial charge on any atom is -0.324 e. The summed E-state index contributed by atoms with van der Waals surface area (Å²) >= 11 is 0. The molecule has 0 saturated heterocycles. The second kappa shape index (κ2) is 5.15. The normalized spacial score (nSPS) is 12.6. The molecular formula is C14H19N3. The van der Waals surface area contributed by atoms with Crippen LogP contribution in [0, 0.1) is 0 Å². The molecule has 90 valence electrons. The van der Waals surface area contributed by atoms with E-state index in [1.54, 1.807) is 0 Å². The van der Waals surface area contributed by atoms with E-state index in [1.807, 2.05) is 19.3 Å². The Kier molecular flexibility index (Phi) is 3.59. The summed E-state index contributed by atoms with van der Waals surface area (Å²) < 4.78 is 2.13. The number of nitrogens with two attached hydrogens (primary N) is 1. The highest BCUT2D eigenvalue weighted by Crippen LogP contribution is 2.16. The highest BCUT2D eigenvalue weighted by Gasteiger charge is 2.04. The largest absolute Gasteiger partial charge is 0.324 e. The van der Waals surface area contributed by atoms with Crippen molar-refractivity contribution in [3.05, 3.63) is 48.0 Å². The van der Waals surface area contributed by atoms with Crippen molar-refractivity contribution in [1.82, 2.24) is 9.55 Å². The molecule has 0 fully saturated rings. The summed E-state index contributed by atoms with van der Waals surface area (Å²) in [5.74, 6) is 1.11. The molecule has 0 unspecified atom stereocenters. The molecule has 0 amide bonds. The highest BCUT2D eigenvalue weighted by molar-refractivity contribution is 5.36. The number of rotatable bonds is 4. The van der Waals surface area contributed by atoms with Gasteiger partial charge in [0.2, 0.25) is 0 Å². The number of benzene rings is 1. The monoisotopic (exact) mass is 229 g/mol. The Morgan fingerprint density at radius 1 is 1.29 bits per heavy atom. The van der Waals surface area contributed by atoms with Gasteiger partial charge in [-0.1, -0.05) is 19.1 Å². The quantitative estimate of drug-likeness (QED) is 0.876. The van der Waals surface area contributed by atoms with Crippen LogP contribution in [0.15, 0.2) is 36.7 Å². The first kappa shape index (κ1) is 11.9. The molecule has 3 heteroatoms. The SMILES string of the molecule is CCCc1nccn1-c1ccc([C@H](C)N)cc1. The molecule has 1 aromatic carbocycles. The number of aromatic nitrogens is 2. The lowest BCUT2D eigenvalue weighted by atomic mass is 10.1. The van der Waals surface area contributed by atoms with Gasteiger partial charge in [-0.15, -0.1) is 0 Å². The molecule has 0 saturated carbocycles. The van der Waals surface area contributed by atoms with Gasteiger partial charge in [-0.2, -0.15) is 0 Å². The van der Waals surface area contributed by atoms with Crippen LogP contribution in [0.1, 0.15) is 37.7 Å². The van der Waals surface area contributed by atoms with Gasteiger partial charge in [0.15, 0.2) is 0 Å². The Hall–Kier alpha value is -1.61. The number of nitrogens with zero attached hydrogens (tertiary/aromatic N) is 2. The van der Waals surface area contributed by atoms with Crippen LogP contribution in [0.2, 0.25) is 0 Å². The van der Waals surface area contributed by atoms with Crippen LogP contribution < -0.4 is 5.73 Å². The van der Waals surface area contributed by atoms with Crippen LogP contribution in [-0.2, 0) is 6.42 Å². The fourth-order valence-electron chi connectivity index (χ4n) is 1.92. The fourth-order valence-corrected chi connectivity index (χ4v) is 1.92. The van der Waals surface area contributed by atoms with Gasteiger partial charge in [0.25, 0.3) is 0 Å². The Morgan fingerprint density at radius 2 is 2.00 bits per heavy atom. The van der Waals surface area contributed by atoms with Crippen LogP contribution in [0.3, 0.4) is 0 Å². The van der Waals surface area contributed by atoms with E-state index in [2.05, 4.69) is 40.7 Å². The van der Waals surface area contributed by atoms with Crippen LogP contribution in [-0.4, -0.2) is 9.55 Å². The molecular weight excluding hydrogens is 210 g/mol. The van der Waals surface area contributed by atoms with Crippen molar-refractivity contribution in [2.24, 2.45) is 5.73 Å². The lowest BCUT2D eigenvalue weighted by Crippen LogP contribution is -2.05. The Balaban J connectivity index is 2.30. The zero-order valence-corrected chi connectivity index (χ0v) is 10.4. The Morgan fingerprint density at radius 3 is 2.59 bits per heavy atom. The zero-order valence-electron chi connectivity index (χ0n) is 10.4. The lowest BCUT2D eigenvalue weighted by molar-refractivity contribution is 0.803. The van der Waals surface area contributed by atoms with Gasteiger partial charge in [0.05, 0.1) is 0 Å². The van der Waals surface area contributed by atoms with Crippen LogP contribution in [0.25, 0.3) is 5.69 Å². The minimum absolute atomic E-state index is 0.0851. The number of aryl methyl sites for hydroxylation is 1. The van der Waals surface area contributed by atoms with Crippen LogP contribution in [0.5, 0.6) is 0 Å². The van der Waals surface area contributed by atoms with Gasteiger partial charge in [-0.3, -0.25) is 0 Å². The summed E-state index contributed by atoms with van der Waals surface area (Å²) in [6, 6.07) is 8.44. The highest BCUT2D eigenvalue weighted by atomic mass is 15.1. The van der Waals surface area contributed by atoms with Gasteiger partial charge >= 0.3 is 0 Å². The summed E-state index contributed by atoms with van der Waals surface area (Å²) in [5.41, 5.74) is 8.15. The predicted molar refractivity (Wildman–Crippen MR) is 70.2 cm³/mol. The van der Waals surface area contributed by atoms with Gasteiger partial charge in [-0.05, 0) is 31.0 Å². The number of imidazole rings is 1. The molecule has 0 aliphatic rings. The Labute approximate surface area is 102 Å². The average molecular weight is 229 g/mol. The van der Waals surface area contributed by atoms with Crippen molar-refractivity contribution in [2.45, 2.75) is 32.7 Å². The molecule has 0 spiro atoms. The summed E-state index contributed by atoms with van der Waals surface area (Å²) in [4.78, 5) is 4.38. The third-order valence-electron chi connectivity index (χ3n) is 2.89. The maximum atomic E-state index is 5.84. The molecule has 0 aliphatic carbocycles. The first-order valence-electron chi connectivity index (χ1n) is 6.10. The average Bonchev–Trinajstić information content (AvgIpc) is 2.78. The van der Waals surface area contributed by atoms with E-state index >= 15 is 0 Å². The molecule has 1 atom stereocenters. The van der Waals surface area contributed by atoms with Crippen molar-refractivity contribution >= 4 is 0 Å². The van der Waals surface area contributed by atoms with E-state index in [-0.39, 0.29) is 6.04 Å². The Bertz CT molecular complexity index is 468. The molecule has 17 heavy (non-hydrogen) atoms. The molecule has 0 bridgehead atoms.